The Kier molecular flexibility index (Phi) is 7.62. The number of hydrogen-bond donors (Lipinski definition) is 2. The fraction of sp³-hybridized carbons (Fsp3) is 0.806. The Bertz CT molecular complexity index is 928. The molecule has 5 heteroatoms. The highest BCUT2D eigenvalue weighted by Gasteiger charge is 2.82. The quantitative estimate of drug-likeness (QED) is 0.323. The molecule has 202 valence electrons. The number of piperidine rings is 4. The van der Waals surface area contributed by atoms with Gasteiger partial charge in [0.25, 0.3) is 0 Å². The molecule has 36 heavy (non-hydrogen) atoms. The van der Waals surface area contributed by atoms with E-state index in [0.29, 0.717) is 35.9 Å². The fourth-order valence-electron chi connectivity index (χ4n) is 10.5. The Labute approximate surface area is 229 Å². The molecule has 0 radical (unpaired) electrons. The zero-order chi connectivity index (χ0) is 24.4. The van der Waals surface area contributed by atoms with Gasteiger partial charge in [0.2, 0.25) is 0 Å². The van der Waals surface area contributed by atoms with Gasteiger partial charge in [-0.3, -0.25) is 4.48 Å². The monoisotopic (exact) mass is 560 g/mol. The van der Waals surface area contributed by atoms with E-state index in [1.165, 1.54) is 75.5 Å². The van der Waals surface area contributed by atoms with Gasteiger partial charge in [-0.05, 0) is 36.8 Å². The number of fused-ring (bicyclic) bond motifs is 2. The van der Waals surface area contributed by atoms with E-state index in [9.17, 15) is 10.2 Å². The van der Waals surface area contributed by atoms with Gasteiger partial charge in [0, 0.05) is 37.4 Å². The van der Waals surface area contributed by atoms with Crippen LogP contribution in [0.15, 0.2) is 24.3 Å². The first kappa shape index (κ1) is 27.0. The summed E-state index contributed by atoms with van der Waals surface area (Å²) in [7, 11) is 2.27. The molecule has 5 fully saturated rings. The third-order valence-corrected chi connectivity index (χ3v) is 11.8. The lowest BCUT2D eigenvalue weighted by atomic mass is 9.60. The molecule has 4 nitrogen and oxygen atoms in total. The van der Waals surface area contributed by atoms with Crippen molar-refractivity contribution in [2.24, 2.45) is 17.8 Å². The molecule has 4 saturated heterocycles. The Morgan fingerprint density at radius 3 is 2.31 bits per heavy atom. The van der Waals surface area contributed by atoms with Crippen LogP contribution in [0.2, 0.25) is 0 Å². The number of quaternary nitrogens is 1. The van der Waals surface area contributed by atoms with Crippen molar-refractivity contribution in [3.05, 3.63) is 29.8 Å². The lowest BCUT2D eigenvalue weighted by Gasteiger charge is -2.68. The number of para-hydroxylation sites is 1. The molecule has 1 aromatic carbocycles. The molecule has 5 aliphatic heterocycles. The summed E-state index contributed by atoms with van der Waals surface area (Å²) in [5, 5.41) is 24.2. The van der Waals surface area contributed by atoms with Gasteiger partial charge in [-0.15, -0.1) is 0 Å². The van der Waals surface area contributed by atoms with Gasteiger partial charge < -0.3 is 32.1 Å². The van der Waals surface area contributed by atoms with Gasteiger partial charge in [-0.2, -0.15) is 0 Å². The van der Waals surface area contributed by atoms with E-state index in [1.807, 2.05) is 0 Å². The topological polar surface area (TPSA) is 43.7 Å². The average molecular weight is 562 g/mol. The van der Waals surface area contributed by atoms with Crippen LogP contribution in [0, 0.1) is 17.8 Å². The van der Waals surface area contributed by atoms with Crippen LogP contribution in [0.5, 0.6) is 0 Å². The molecular formula is C31H49BrN2O2. The fourth-order valence-corrected chi connectivity index (χ4v) is 10.5. The molecule has 3 unspecified atom stereocenters. The predicted molar refractivity (Wildman–Crippen MR) is 142 cm³/mol. The summed E-state index contributed by atoms with van der Waals surface area (Å²) in [5.74, 6) is 1.17. The zero-order valence-electron chi connectivity index (χ0n) is 22.8. The number of hydrogen-bond acceptors (Lipinski definition) is 3. The van der Waals surface area contributed by atoms with Crippen molar-refractivity contribution >= 4 is 5.69 Å². The highest BCUT2D eigenvalue weighted by molar-refractivity contribution is 5.66. The smallest absolute Gasteiger partial charge is 0.194 e. The Morgan fingerprint density at radius 1 is 0.944 bits per heavy atom. The number of anilines is 1. The third-order valence-electron chi connectivity index (χ3n) is 11.8. The van der Waals surface area contributed by atoms with Crippen molar-refractivity contribution < 1.29 is 31.7 Å². The Morgan fingerprint density at radius 2 is 1.61 bits per heavy atom. The van der Waals surface area contributed by atoms with Gasteiger partial charge >= 0.3 is 0 Å². The third kappa shape index (κ3) is 3.41. The molecule has 10 atom stereocenters. The minimum absolute atomic E-state index is 0. The molecule has 7 rings (SSSR count). The van der Waals surface area contributed by atoms with Gasteiger partial charge in [0.15, 0.2) is 6.23 Å². The Hall–Kier alpha value is -0.620. The number of halogens is 1. The summed E-state index contributed by atoms with van der Waals surface area (Å²) in [5.41, 5.74) is 2.58. The molecule has 0 amide bonds. The van der Waals surface area contributed by atoms with Crippen LogP contribution in [0.3, 0.4) is 0 Å². The van der Waals surface area contributed by atoms with Crippen LogP contribution >= 0.6 is 0 Å². The van der Waals surface area contributed by atoms with Crippen LogP contribution in [0.25, 0.3) is 0 Å². The lowest BCUT2D eigenvalue weighted by molar-refractivity contribution is -1.04. The van der Waals surface area contributed by atoms with Gasteiger partial charge in [0.1, 0.15) is 6.04 Å². The predicted octanol–water partition coefficient (Wildman–Crippen LogP) is 2.60. The Balaban J connectivity index is 0.00000267. The number of rotatable bonds is 11. The highest BCUT2D eigenvalue weighted by Crippen LogP contribution is 2.71. The molecule has 1 aromatic rings. The molecule has 1 aliphatic carbocycles. The van der Waals surface area contributed by atoms with Crippen LogP contribution in [0.4, 0.5) is 5.69 Å². The minimum Gasteiger partial charge on any atom is -1.00 e. The number of aliphatic hydroxyl groups is 2. The van der Waals surface area contributed by atoms with Crippen molar-refractivity contribution in [1.29, 1.82) is 0 Å². The van der Waals surface area contributed by atoms with E-state index in [-0.39, 0.29) is 34.7 Å². The highest BCUT2D eigenvalue weighted by atomic mass is 79.9. The first-order valence-corrected chi connectivity index (χ1v) is 15.1. The number of aliphatic hydroxyl groups excluding tert-OH is 2. The molecule has 6 aliphatic rings. The van der Waals surface area contributed by atoms with E-state index in [1.54, 1.807) is 0 Å². The molecule has 5 bridgehead atoms. The maximum absolute atomic E-state index is 12.2. The van der Waals surface area contributed by atoms with Gasteiger partial charge in [0.05, 0.1) is 30.1 Å². The number of likely N-dealkylation sites (N-methyl/N-ethyl adjacent to an activating group) is 1. The molecule has 2 N–H and O–H groups in total. The first-order chi connectivity index (χ1) is 17.0. The second-order valence-corrected chi connectivity index (χ2v) is 12.9. The standard InChI is InChI=1S/C31H49N2O2.BrH/c1-4-6-7-8-9-10-11-12-15-18-33-25-19-22(21(5-2)30(33)35)27-26(33)20-31(29(27)34)23-16-13-14-17-24(23)32(3)28(25)31;/h13-14,16-17,21-22,25-30,34-35H,4-12,15,18-20H2,1-3H3;1H/q+1;/p-1/t21-,22+,25?,26-,27?,28-,29-,30+,31+,33?;/m0./s1. The van der Waals surface area contributed by atoms with E-state index in [4.69, 9.17) is 0 Å². The summed E-state index contributed by atoms with van der Waals surface area (Å²) in [4.78, 5) is 2.52. The largest absolute Gasteiger partial charge is 1.00 e. The van der Waals surface area contributed by atoms with Crippen molar-refractivity contribution in [2.75, 3.05) is 18.5 Å². The second-order valence-electron chi connectivity index (χ2n) is 12.9. The molecule has 5 heterocycles. The van der Waals surface area contributed by atoms with Crippen molar-refractivity contribution in [3.8, 4) is 0 Å². The van der Waals surface area contributed by atoms with Crippen molar-refractivity contribution in [2.45, 2.75) is 127 Å². The number of nitrogens with zero attached hydrogens (tertiary/aromatic N) is 2. The SMILES string of the molecule is CCCCCCCCCCC[N+]12C3C[C@@H](C4[C@H](O)[C@]5(C[C@@H]41)c1ccccc1N(C)[C@@H]35)[C@H](CC)[C@H]2O.[Br-]. The lowest BCUT2D eigenvalue weighted by Crippen LogP contribution is -3.00. The summed E-state index contributed by atoms with van der Waals surface area (Å²) in [6, 6.07) is 10.1. The summed E-state index contributed by atoms with van der Waals surface area (Å²) in [6.07, 6.45) is 14.9. The normalized spacial score (nSPS) is 43.0. The van der Waals surface area contributed by atoms with Crippen LogP contribution in [-0.4, -0.2) is 58.7 Å². The first-order valence-electron chi connectivity index (χ1n) is 15.1. The number of unbranched alkanes of at least 4 members (excludes halogenated alkanes) is 8. The van der Waals surface area contributed by atoms with Crippen molar-refractivity contribution in [3.63, 3.8) is 0 Å². The minimum atomic E-state index is -0.275. The van der Waals surface area contributed by atoms with Crippen LogP contribution in [-0.2, 0) is 5.41 Å². The van der Waals surface area contributed by atoms with Gasteiger partial charge in [-0.25, -0.2) is 0 Å². The number of benzene rings is 1. The van der Waals surface area contributed by atoms with Crippen molar-refractivity contribution in [1.82, 2.24) is 0 Å². The molecule has 1 saturated carbocycles. The van der Waals surface area contributed by atoms with E-state index < -0.39 is 0 Å². The maximum atomic E-state index is 12.2. The van der Waals surface area contributed by atoms with Gasteiger partial charge in [-0.1, -0.05) is 77.0 Å². The van der Waals surface area contributed by atoms with E-state index in [0.717, 1.165) is 23.9 Å². The zero-order valence-corrected chi connectivity index (χ0v) is 24.4. The average Bonchev–Trinajstić information content (AvgIpc) is 3.26. The summed E-state index contributed by atoms with van der Waals surface area (Å²) in [6.45, 7) is 5.66. The van der Waals surface area contributed by atoms with Crippen LogP contribution in [0.1, 0.15) is 96.5 Å². The maximum Gasteiger partial charge on any atom is 0.194 e. The molecular weight excluding hydrogens is 512 g/mol. The summed E-state index contributed by atoms with van der Waals surface area (Å²) < 4.78 is 0.901. The second kappa shape index (κ2) is 10.2. The van der Waals surface area contributed by atoms with E-state index >= 15 is 0 Å². The summed E-state index contributed by atoms with van der Waals surface area (Å²) >= 11 is 0. The van der Waals surface area contributed by atoms with E-state index in [2.05, 4.69) is 50.1 Å². The van der Waals surface area contributed by atoms with Crippen LogP contribution < -0.4 is 21.9 Å². The molecule has 0 aromatic heterocycles. The molecule has 1 spiro atoms.